The topological polar surface area (TPSA) is 27.1 Å². The first-order chi connectivity index (χ1) is 5.11. The Labute approximate surface area is 69.1 Å². The van der Waals surface area contributed by atoms with Gasteiger partial charge >= 0.3 is 0 Å². The minimum Gasteiger partial charge on any atom is -0.363 e. The molecule has 0 atom stereocenters. The van der Waals surface area contributed by atoms with Gasteiger partial charge in [-0.15, -0.1) is 0 Å². The first kappa shape index (κ1) is 8.57. The highest BCUT2D eigenvalue weighted by molar-refractivity contribution is 5.80. The number of nitrogens with one attached hydrogen (secondary N) is 1. The van der Waals surface area contributed by atoms with E-state index in [9.17, 15) is 0 Å². The van der Waals surface area contributed by atoms with Crippen molar-refractivity contribution in [3.63, 3.8) is 0 Å². The maximum Gasteiger partial charge on any atom is 0.0981 e. The second-order valence-electron chi connectivity index (χ2n) is 3.86. The molecular formula is C9H18N2. The van der Waals surface area contributed by atoms with Crippen LogP contribution in [0.3, 0.4) is 0 Å². The van der Waals surface area contributed by atoms with E-state index in [1.165, 1.54) is 12.8 Å². The van der Waals surface area contributed by atoms with Gasteiger partial charge in [0.05, 0.1) is 5.84 Å². The Bertz CT molecular complexity index is 148. The van der Waals surface area contributed by atoms with E-state index in [0.29, 0.717) is 5.92 Å². The van der Waals surface area contributed by atoms with Crippen molar-refractivity contribution in [1.82, 2.24) is 4.90 Å². The summed E-state index contributed by atoms with van der Waals surface area (Å²) >= 11 is 0. The summed E-state index contributed by atoms with van der Waals surface area (Å²) in [6, 6.07) is 0. The predicted octanol–water partition coefficient (Wildman–Crippen LogP) is 1.96. The Morgan fingerprint density at radius 3 is 2.45 bits per heavy atom. The number of hydrogen-bond donors (Lipinski definition) is 1. The van der Waals surface area contributed by atoms with Gasteiger partial charge in [0.25, 0.3) is 0 Å². The van der Waals surface area contributed by atoms with E-state index < -0.39 is 0 Å². The van der Waals surface area contributed by atoms with Gasteiger partial charge in [-0.3, -0.25) is 5.41 Å². The summed E-state index contributed by atoms with van der Waals surface area (Å²) in [6.45, 7) is 5.24. The first-order valence-electron chi connectivity index (χ1n) is 4.41. The summed E-state index contributed by atoms with van der Waals surface area (Å²) in [4.78, 5) is 2.09. The van der Waals surface area contributed by atoms with Crippen LogP contribution in [0.2, 0.25) is 0 Å². The van der Waals surface area contributed by atoms with Gasteiger partial charge in [-0.1, -0.05) is 13.8 Å². The van der Waals surface area contributed by atoms with Crippen molar-refractivity contribution in [2.24, 2.45) is 11.8 Å². The van der Waals surface area contributed by atoms with Crippen LogP contribution < -0.4 is 0 Å². The van der Waals surface area contributed by atoms with E-state index in [4.69, 9.17) is 5.41 Å². The first-order valence-corrected chi connectivity index (χ1v) is 4.41. The smallest absolute Gasteiger partial charge is 0.0981 e. The fourth-order valence-corrected chi connectivity index (χ4v) is 1.23. The summed E-state index contributed by atoms with van der Waals surface area (Å²) in [5.41, 5.74) is 0. The van der Waals surface area contributed by atoms with Crippen molar-refractivity contribution in [2.45, 2.75) is 26.7 Å². The maximum atomic E-state index is 7.70. The molecule has 0 bridgehead atoms. The third-order valence-corrected chi connectivity index (χ3v) is 2.19. The van der Waals surface area contributed by atoms with E-state index in [1.807, 2.05) is 7.05 Å². The zero-order chi connectivity index (χ0) is 8.43. The molecule has 64 valence electrons. The van der Waals surface area contributed by atoms with Crippen LogP contribution >= 0.6 is 0 Å². The maximum absolute atomic E-state index is 7.70. The lowest BCUT2D eigenvalue weighted by molar-refractivity contribution is 0.449. The Morgan fingerprint density at radius 2 is 2.09 bits per heavy atom. The van der Waals surface area contributed by atoms with Gasteiger partial charge in [-0.05, 0) is 18.8 Å². The molecule has 11 heavy (non-hydrogen) atoms. The van der Waals surface area contributed by atoms with Crippen molar-refractivity contribution in [2.75, 3.05) is 13.6 Å². The van der Waals surface area contributed by atoms with Crippen molar-refractivity contribution in [3.8, 4) is 0 Å². The van der Waals surface area contributed by atoms with Crippen molar-refractivity contribution in [1.29, 1.82) is 5.41 Å². The van der Waals surface area contributed by atoms with Gasteiger partial charge in [0.15, 0.2) is 0 Å². The standard InChI is InChI=1S/C9H18N2/c1-7(2)9(10)11(3)6-8-4-5-8/h7-8,10H,4-6H2,1-3H3. The van der Waals surface area contributed by atoms with Gasteiger partial charge < -0.3 is 4.90 Å². The van der Waals surface area contributed by atoms with Crippen LogP contribution in [0.25, 0.3) is 0 Å². The summed E-state index contributed by atoms with van der Waals surface area (Å²) in [7, 11) is 2.03. The highest BCUT2D eigenvalue weighted by atomic mass is 15.1. The fourth-order valence-electron chi connectivity index (χ4n) is 1.23. The molecule has 0 spiro atoms. The number of hydrogen-bond acceptors (Lipinski definition) is 1. The van der Waals surface area contributed by atoms with Crippen molar-refractivity contribution in [3.05, 3.63) is 0 Å². The molecule has 0 radical (unpaired) electrons. The Morgan fingerprint density at radius 1 is 1.55 bits per heavy atom. The molecule has 1 aliphatic rings. The molecule has 0 aliphatic heterocycles. The van der Waals surface area contributed by atoms with E-state index in [-0.39, 0.29) is 0 Å². The van der Waals surface area contributed by atoms with Crippen LogP contribution in [0.4, 0.5) is 0 Å². The van der Waals surface area contributed by atoms with Gasteiger partial charge in [-0.2, -0.15) is 0 Å². The van der Waals surface area contributed by atoms with Crippen LogP contribution in [0.5, 0.6) is 0 Å². The highest BCUT2D eigenvalue weighted by Crippen LogP contribution is 2.29. The zero-order valence-corrected chi connectivity index (χ0v) is 7.72. The SMILES string of the molecule is CC(C)C(=N)N(C)CC1CC1. The fraction of sp³-hybridized carbons (Fsp3) is 0.889. The van der Waals surface area contributed by atoms with E-state index in [0.717, 1.165) is 18.3 Å². The van der Waals surface area contributed by atoms with Crippen molar-refractivity contribution >= 4 is 5.84 Å². The summed E-state index contributed by atoms with van der Waals surface area (Å²) < 4.78 is 0. The summed E-state index contributed by atoms with van der Waals surface area (Å²) in [6.07, 6.45) is 2.74. The molecule has 1 N–H and O–H groups in total. The van der Waals surface area contributed by atoms with Gasteiger partial charge in [0.2, 0.25) is 0 Å². The monoisotopic (exact) mass is 154 g/mol. The van der Waals surface area contributed by atoms with Crippen LogP contribution in [0.15, 0.2) is 0 Å². The van der Waals surface area contributed by atoms with Crippen LogP contribution in [-0.4, -0.2) is 24.3 Å². The van der Waals surface area contributed by atoms with E-state index in [1.54, 1.807) is 0 Å². The third-order valence-electron chi connectivity index (χ3n) is 2.19. The quantitative estimate of drug-likeness (QED) is 0.488. The van der Waals surface area contributed by atoms with Crippen LogP contribution in [0.1, 0.15) is 26.7 Å². The summed E-state index contributed by atoms with van der Waals surface area (Å²) in [5.74, 6) is 2.04. The number of nitrogens with zero attached hydrogens (tertiary/aromatic N) is 1. The molecule has 1 fully saturated rings. The molecule has 1 saturated carbocycles. The average Bonchev–Trinajstić information content (AvgIpc) is 2.69. The molecule has 1 rings (SSSR count). The lowest BCUT2D eigenvalue weighted by Crippen LogP contribution is -2.31. The second kappa shape index (κ2) is 3.24. The summed E-state index contributed by atoms with van der Waals surface area (Å²) in [5, 5.41) is 7.70. The van der Waals surface area contributed by atoms with Crippen LogP contribution in [-0.2, 0) is 0 Å². The molecule has 0 aromatic rings. The third kappa shape index (κ3) is 2.52. The molecule has 1 aliphatic carbocycles. The highest BCUT2D eigenvalue weighted by Gasteiger charge is 2.24. The average molecular weight is 154 g/mol. The molecule has 0 amide bonds. The lowest BCUT2D eigenvalue weighted by atomic mass is 10.2. The number of rotatable bonds is 3. The predicted molar refractivity (Wildman–Crippen MR) is 47.9 cm³/mol. The molecular weight excluding hydrogens is 136 g/mol. The van der Waals surface area contributed by atoms with E-state index in [2.05, 4.69) is 18.7 Å². The Balaban J connectivity index is 2.26. The normalized spacial score (nSPS) is 17.1. The van der Waals surface area contributed by atoms with Gasteiger partial charge in [-0.25, -0.2) is 0 Å². The minimum absolute atomic E-state index is 0.374. The zero-order valence-electron chi connectivity index (χ0n) is 7.72. The molecule has 0 unspecified atom stereocenters. The molecule has 0 heterocycles. The molecule has 0 aromatic heterocycles. The van der Waals surface area contributed by atoms with E-state index >= 15 is 0 Å². The Hall–Kier alpha value is -0.530. The molecule has 0 saturated heterocycles. The van der Waals surface area contributed by atoms with Crippen molar-refractivity contribution < 1.29 is 0 Å². The largest absolute Gasteiger partial charge is 0.363 e. The van der Waals surface area contributed by atoms with Gasteiger partial charge in [0.1, 0.15) is 0 Å². The molecule has 2 heteroatoms. The van der Waals surface area contributed by atoms with Gasteiger partial charge in [0, 0.05) is 19.5 Å². The Kier molecular flexibility index (Phi) is 2.53. The van der Waals surface area contributed by atoms with Crippen LogP contribution in [0, 0.1) is 17.2 Å². The minimum atomic E-state index is 0.374. The molecule has 0 aromatic carbocycles. The lowest BCUT2D eigenvalue weighted by Gasteiger charge is -2.22. The second-order valence-corrected chi connectivity index (χ2v) is 3.86. The number of amidine groups is 1. The molecule has 2 nitrogen and oxygen atoms in total.